The Morgan fingerprint density at radius 2 is 0.974 bits per heavy atom. The number of amides is 1. The molecule has 15 rings (SSSR count). The molecule has 2 fully saturated rings. The van der Waals surface area contributed by atoms with Gasteiger partial charge >= 0.3 is 11.2 Å². The fourth-order valence-corrected chi connectivity index (χ4v) is 11.1. The highest BCUT2D eigenvalue weighted by Gasteiger charge is 2.24. The number of methoxy groups -OCH3 is 3. The molecule has 9 heterocycles. The molecule has 6 aromatic heterocycles. The highest BCUT2D eigenvalue weighted by molar-refractivity contribution is 8.24. The molecule has 12 N–H and O–H groups in total. The van der Waals surface area contributed by atoms with Crippen LogP contribution in [-0.2, 0) is 55.7 Å². The first-order chi connectivity index (χ1) is 54.1. The standard InChI is InChI=1S/C15H18N6.C10H7ClN4.C10H10ClN3.C10H9NO2.C9H6Cl2N2.C7H10N2.C5H12N2.C5H8O3.C4H10O3.Cl3OP.H4N2/c1-11-3-4-12-13(9-11)21-10-16-18-15(21)14(17-12)20-7-5-19(2)6-8-20;1-6-2-3-7-8(4-6)15-5-12-14-10(15)9(11)13-7;1-6-2-3-7-8(4-6)13-9(5-12)10(11)14-7;1-6-2-3-8-7(4-6)5-9(12)10(13)11-8;1-5-2-3-6-7(4-5)13-9(11)8(10)12-6;1-5-2-3-6(8)7(9)4-5;1-7-4-2-6-3-5-7;1-3-8-5(7)4(2)6;1-5-4(6-2)7-3;1-5(2,3)4;1-2/h3-4,9-10H,5-8H2,1-2H3;2-5H,1H3;2-4H,5,12H2,1H3;2-4H,5H2,1H3,(H,11,13);2-4H,1H3;2-4H,8-9H2,1H3;6H,2-5H2,1H3;3H2,1-2H3;4H,1-3H3;;1-2H2. The van der Waals surface area contributed by atoms with Crippen LogP contribution >= 0.6 is 85.3 Å². The Balaban J connectivity index is 0.000000231. The fourth-order valence-electron chi connectivity index (χ4n) is 10.4. The molecule has 2 saturated heterocycles. The molecule has 39 heteroatoms. The number of fused-ring (bicyclic) bond motifs is 9. The number of rotatable bonds is 7. The van der Waals surface area contributed by atoms with Crippen LogP contribution in [0.3, 0.4) is 0 Å². The van der Waals surface area contributed by atoms with Crippen molar-refractivity contribution in [2.24, 2.45) is 17.4 Å². The van der Waals surface area contributed by atoms with Crippen LogP contribution in [0.15, 0.2) is 122 Å². The highest BCUT2D eigenvalue weighted by Crippen LogP contribution is 2.61. The number of esters is 1. The summed E-state index contributed by atoms with van der Waals surface area (Å²) in [6, 6.07) is 35.2. The van der Waals surface area contributed by atoms with Gasteiger partial charge in [-0.05, 0) is 196 Å². The maximum atomic E-state index is 11.1. The van der Waals surface area contributed by atoms with Gasteiger partial charge in [-0.3, -0.25) is 39.4 Å². The van der Waals surface area contributed by atoms with Crippen molar-refractivity contribution in [3.05, 3.63) is 187 Å². The van der Waals surface area contributed by atoms with Crippen molar-refractivity contribution in [1.82, 2.24) is 74.2 Å². The monoisotopic (exact) mass is 1720 g/mol. The average Bonchev–Trinajstić information content (AvgIpc) is 1.56. The van der Waals surface area contributed by atoms with Crippen LogP contribution in [0.2, 0.25) is 20.6 Å². The van der Waals surface area contributed by atoms with Crippen molar-refractivity contribution in [3.63, 3.8) is 0 Å². The molecule has 0 spiro atoms. The summed E-state index contributed by atoms with van der Waals surface area (Å²) in [6.45, 7) is 23.8. The number of halogens is 7. The van der Waals surface area contributed by atoms with Gasteiger partial charge in [0.25, 0.3) is 12.4 Å². The van der Waals surface area contributed by atoms with E-state index < -0.39 is 29.3 Å². The number of benzene rings is 6. The molecule has 612 valence electrons. The minimum absolute atomic E-state index is 0.225. The number of nitrogens with zero attached hydrogens (tertiary/aromatic N) is 15. The third kappa shape index (κ3) is 31.1. The van der Waals surface area contributed by atoms with E-state index in [1.165, 1.54) is 52.5 Å². The molecule has 114 heavy (non-hydrogen) atoms. The van der Waals surface area contributed by atoms with Gasteiger partial charge in [0, 0.05) is 99.3 Å². The Morgan fingerprint density at radius 1 is 0.544 bits per heavy atom. The predicted molar refractivity (Wildman–Crippen MR) is 457 cm³/mol. The van der Waals surface area contributed by atoms with E-state index in [1.807, 2.05) is 134 Å². The van der Waals surface area contributed by atoms with Gasteiger partial charge in [0.1, 0.15) is 12.7 Å². The first-order valence-electron chi connectivity index (χ1n) is 34.9. The van der Waals surface area contributed by atoms with Gasteiger partial charge in [0.2, 0.25) is 17.2 Å². The van der Waals surface area contributed by atoms with E-state index in [0.717, 1.165) is 128 Å². The fraction of sp³-hybridized carbons (Fsp3) is 0.333. The largest absolute Gasteiger partial charge is 0.460 e. The van der Waals surface area contributed by atoms with Gasteiger partial charge in [-0.25, -0.2) is 34.7 Å². The third-order valence-electron chi connectivity index (χ3n) is 16.1. The average molecular weight is 1730 g/mol. The quantitative estimate of drug-likeness (QED) is 0.0148. The molecule has 6 aromatic carbocycles. The number of likely N-dealkylation sites (N-methyl/N-ethyl adjacent to an activating group) is 2. The molecule has 0 unspecified atom stereocenters. The van der Waals surface area contributed by atoms with Crippen LogP contribution in [0, 0.1) is 41.5 Å². The van der Waals surface area contributed by atoms with Crippen LogP contribution in [0.1, 0.15) is 58.5 Å². The van der Waals surface area contributed by atoms with Crippen molar-refractivity contribution >= 4 is 187 Å². The number of aryl methyl sites for hydroxylation is 6. The number of ether oxygens (including phenoxy) is 4. The maximum absolute atomic E-state index is 11.1. The number of hydrazine groups is 1. The van der Waals surface area contributed by atoms with Gasteiger partial charge in [-0.15, -0.1) is 20.4 Å². The zero-order chi connectivity index (χ0) is 84.5. The Kier molecular flexibility index (Phi) is 40.3. The van der Waals surface area contributed by atoms with Crippen LogP contribution in [0.5, 0.6) is 0 Å². The number of hydrogen-bond donors (Lipinski definition) is 7. The number of Topliss-reactive ketones (excluding diaryl/α,β-unsaturated/α-hetero) is 2. The predicted octanol–water partition coefficient (Wildman–Crippen LogP) is 12.6. The number of ketones is 2. The number of carbonyl (C=O) groups excluding carboxylic acids is 4. The lowest BCUT2D eigenvalue weighted by Crippen LogP contribution is -2.45. The summed E-state index contributed by atoms with van der Waals surface area (Å²) in [5, 5.41) is 20.0. The molecular formula is C75H94Cl7N22O9P. The Labute approximate surface area is 694 Å². The van der Waals surface area contributed by atoms with E-state index in [0.29, 0.717) is 39.6 Å². The van der Waals surface area contributed by atoms with Gasteiger partial charge in [0.05, 0.1) is 67.8 Å². The number of anilines is 4. The second kappa shape index (κ2) is 47.9. The molecular weight excluding hydrogens is 1630 g/mol. The van der Waals surface area contributed by atoms with Crippen LogP contribution in [0.4, 0.5) is 22.9 Å². The molecule has 1 amide bonds. The lowest BCUT2D eigenvalue weighted by atomic mass is 10.0. The normalized spacial score (nSPS) is 13.0. The molecule has 3 aliphatic heterocycles. The number of aromatic nitrogens is 12. The van der Waals surface area contributed by atoms with Crippen LogP contribution < -0.4 is 44.4 Å². The summed E-state index contributed by atoms with van der Waals surface area (Å²) in [7, 11) is 8.84. The van der Waals surface area contributed by atoms with Crippen molar-refractivity contribution in [1.29, 1.82) is 0 Å². The van der Waals surface area contributed by atoms with E-state index in [2.05, 4.69) is 174 Å². The molecule has 31 nitrogen and oxygen atoms in total. The minimum Gasteiger partial charge on any atom is -0.460 e. The molecule has 0 saturated carbocycles. The van der Waals surface area contributed by atoms with Crippen molar-refractivity contribution in [2.45, 2.75) is 74.8 Å². The Bertz CT molecular complexity index is 5210. The maximum Gasteiger partial charge on any atom is 0.374 e. The Morgan fingerprint density at radius 3 is 1.44 bits per heavy atom. The number of nitrogen functional groups attached to an aromatic ring is 2. The van der Waals surface area contributed by atoms with E-state index in [1.54, 1.807) is 19.6 Å². The van der Waals surface area contributed by atoms with Crippen LogP contribution in [-0.4, -0.2) is 193 Å². The smallest absolute Gasteiger partial charge is 0.374 e. The summed E-state index contributed by atoms with van der Waals surface area (Å²) in [5.74, 6) is 6.77. The summed E-state index contributed by atoms with van der Waals surface area (Å²) in [5.41, 5.74) is 35.5. The zero-order valence-corrected chi connectivity index (χ0v) is 71.5. The molecule has 0 atom stereocenters. The van der Waals surface area contributed by atoms with Crippen molar-refractivity contribution < 1.29 is 42.7 Å². The summed E-state index contributed by atoms with van der Waals surface area (Å²) in [6.07, 6.45) is 3.64. The van der Waals surface area contributed by atoms with Gasteiger partial charge in [-0.1, -0.05) is 94.4 Å². The van der Waals surface area contributed by atoms with E-state index >= 15 is 0 Å². The zero-order valence-electron chi connectivity index (χ0n) is 65.3. The molecule has 0 bridgehead atoms. The highest BCUT2D eigenvalue weighted by atomic mass is 36.0. The second-order valence-electron chi connectivity index (χ2n) is 25.2. The number of nitrogens with two attached hydrogens (primary N) is 5. The number of piperazine rings is 2. The number of hydrogen-bond acceptors (Lipinski definition) is 28. The van der Waals surface area contributed by atoms with Gasteiger partial charge < -0.3 is 61.5 Å². The number of nitrogens with one attached hydrogen (secondary N) is 2. The van der Waals surface area contributed by atoms with Crippen molar-refractivity contribution in [2.75, 3.05) is 116 Å². The molecule has 12 aromatic rings. The van der Waals surface area contributed by atoms with E-state index in [4.69, 9.17) is 68.6 Å². The molecule has 3 aliphatic rings. The lowest BCUT2D eigenvalue weighted by Gasteiger charge is -2.33. The first kappa shape index (κ1) is 95.8. The van der Waals surface area contributed by atoms with Gasteiger partial charge in [0.15, 0.2) is 32.1 Å². The van der Waals surface area contributed by atoms with E-state index in [-0.39, 0.29) is 29.1 Å². The second-order valence-corrected chi connectivity index (χ2v) is 33.3. The topological polar surface area (TPSA) is 424 Å². The Hall–Kier alpha value is -8.80. The molecule has 0 aliphatic carbocycles. The van der Waals surface area contributed by atoms with Crippen LogP contribution in [0.25, 0.3) is 55.4 Å². The molecule has 0 radical (unpaired) electrons. The summed E-state index contributed by atoms with van der Waals surface area (Å²) < 4.78 is 31.5. The number of carbonyl (C=O) groups is 4. The summed E-state index contributed by atoms with van der Waals surface area (Å²) in [4.78, 5) is 75.1. The summed E-state index contributed by atoms with van der Waals surface area (Å²) >= 11 is 37.2. The minimum atomic E-state index is -3.22. The third-order valence-corrected chi connectivity index (χ3v) is 17.3. The van der Waals surface area contributed by atoms with Crippen molar-refractivity contribution in [3.8, 4) is 0 Å². The van der Waals surface area contributed by atoms with Gasteiger partial charge in [-0.2, -0.15) is 0 Å². The lowest BCUT2D eigenvalue weighted by molar-refractivity contribution is -0.252. The first-order valence-corrected chi connectivity index (χ1v) is 40.8. The van der Waals surface area contributed by atoms with E-state index in [9.17, 15) is 23.7 Å². The SMILES string of the molecule is CCOC(=O)C(C)=O.CN1CCNCC1.COC(OC)OC.Cc1ccc(N)c(N)c1.Cc1ccc2c(c1)CC(=O)C(=O)N2.Cc1ccc2nc(Cl)c(CN)nc2c1.Cc1ccc2nc(Cl)c(Cl)nc2c1.Cc1ccc2nc(Cl)c3nncn3c2c1.Cc1ccc2nc(N3CCN(C)CC3)c3nncn3c2c1.NN.O=P(Cl)(Cl)Cl.